The molecule has 0 aliphatic carbocycles. The molecule has 4 N–H and O–H groups in total. The van der Waals surface area contributed by atoms with Gasteiger partial charge in [-0.2, -0.15) is 0 Å². The molecule has 118 valence electrons. The molecule has 1 atom stereocenters. The van der Waals surface area contributed by atoms with Crippen LogP contribution in [0.25, 0.3) is 0 Å². The molecule has 1 heterocycles. The number of para-hydroxylation sites is 1. The molecule has 0 amide bonds. The number of rotatable bonds is 7. The van der Waals surface area contributed by atoms with Crippen LogP contribution in [0.1, 0.15) is 17.0 Å². The topological polar surface area (TPSA) is 85.1 Å². The fourth-order valence-corrected chi connectivity index (χ4v) is 2.25. The molecule has 0 bridgehead atoms. The molecular formula is C16H23N5O. The van der Waals surface area contributed by atoms with Crippen molar-refractivity contribution >= 4 is 5.95 Å². The maximum Gasteiger partial charge on any atom is 0.225 e. The Labute approximate surface area is 131 Å². The summed E-state index contributed by atoms with van der Waals surface area (Å²) in [7, 11) is 1.68. The predicted octanol–water partition coefficient (Wildman–Crippen LogP) is 1.59. The summed E-state index contributed by atoms with van der Waals surface area (Å²) in [5, 5.41) is 6.25. The van der Waals surface area contributed by atoms with Crippen molar-refractivity contribution in [2.24, 2.45) is 5.73 Å². The number of hydrogen-bond acceptors (Lipinski definition) is 6. The van der Waals surface area contributed by atoms with E-state index in [1.807, 2.05) is 44.2 Å². The van der Waals surface area contributed by atoms with Crippen LogP contribution in [-0.2, 0) is 6.42 Å². The summed E-state index contributed by atoms with van der Waals surface area (Å²) in [5.41, 5.74) is 8.98. The fraction of sp³-hybridized carbons (Fsp3) is 0.375. The lowest BCUT2D eigenvalue weighted by molar-refractivity contribution is 0.408. The number of nitrogens with one attached hydrogen (secondary N) is 2. The van der Waals surface area contributed by atoms with Crippen molar-refractivity contribution < 1.29 is 4.74 Å². The van der Waals surface area contributed by atoms with Gasteiger partial charge < -0.3 is 10.1 Å². The van der Waals surface area contributed by atoms with Crippen LogP contribution < -0.4 is 21.1 Å². The van der Waals surface area contributed by atoms with Crippen LogP contribution in [0.2, 0.25) is 0 Å². The molecule has 0 saturated heterocycles. The molecule has 1 unspecified atom stereocenters. The maximum atomic E-state index is 6.01. The van der Waals surface area contributed by atoms with E-state index >= 15 is 0 Å². The first kappa shape index (κ1) is 16.2. The van der Waals surface area contributed by atoms with Crippen LogP contribution in [0.3, 0.4) is 0 Å². The van der Waals surface area contributed by atoms with E-state index in [4.69, 9.17) is 10.5 Å². The molecular weight excluding hydrogens is 278 g/mol. The van der Waals surface area contributed by atoms with Crippen molar-refractivity contribution in [1.29, 1.82) is 0 Å². The Bertz CT molecular complexity index is 597. The fourth-order valence-electron chi connectivity index (χ4n) is 2.25. The van der Waals surface area contributed by atoms with Gasteiger partial charge in [0.15, 0.2) is 0 Å². The lowest BCUT2D eigenvalue weighted by Gasteiger charge is -2.16. The molecule has 0 radical (unpaired) electrons. The SMILES string of the molecule is COc1ccccc1CCNC(N)Nc1nc(C)cc(C)n1. The van der Waals surface area contributed by atoms with E-state index in [1.165, 1.54) is 0 Å². The third-order valence-corrected chi connectivity index (χ3v) is 3.22. The van der Waals surface area contributed by atoms with Gasteiger partial charge in [-0.1, -0.05) is 18.2 Å². The van der Waals surface area contributed by atoms with Gasteiger partial charge in [0, 0.05) is 17.9 Å². The zero-order chi connectivity index (χ0) is 15.9. The van der Waals surface area contributed by atoms with Gasteiger partial charge in [0.05, 0.1) is 7.11 Å². The van der Waals surface area contributed by atoms with E-state index in [9.17, 15) is 0 Å². The smallest absolute Gasteiger partial charge is 0.225 e. The van der Waals surface area contributed by atoms with Gasteiger partial charge in [-0.05, 0) is 38.0 Å². The Morgan fingerprint density at radius 3 is 2.55 bits per heavy atom. The number of ether oxygens (including phenoxy) is 1. The highest BCUT2D eigenvalue weighted by molar-refractivity contribution is 5.33. The minimum absolute atomic E-state index is 0.407. The molecule has 22 heavy (non-hydrogen) atoms. The Morgan fingerprint density at radius 1 is 1.18 bits per heavy atom. The second kappa shape index (κ2) is 7.72. The first-order valence-corrected chi connectivity index (χ1v) is 7.28. The van der Waals surface area contributed by atoms with Crippen molar-refractivity contribution in [2.45, 2.75) is 26.6 Å². The van der Waals surface area contributed by atoms with Crippen molar-refractivity contribution in [3.63, 3.8) is 0 Å². The van der Waals surface area contributed by atoms with Gasteiger partial charge in [-0.15, -0.1) is 0 Å². The highest BCUT2D eigenvalue weighted by Gasteiger charge is 2.06. The Balaban J connectivity index is 1.84. The van der Waals surface area contributed by atoms with Gasteiger partial charge in [0.2, 0.25) is 5.95 Å². The van der Waals surface area contributed by atoms with E-state index in [0.717, 1.165) is 35.7 Å². The quantitative estimate of drug-likeness (QED) is 0.673. The third-order valence-electron chi connectivity index (χ3n) is 3.22. The molecule has 6 heteroatoms. The minimum atomic E-state index is -0.407. The summed E-state index contributed by atoms with van der Waals surface area (Å²) >= 11 is 0. The van der Waals surface area contributed by atoms with Crippen molar-refractivity contribution in [2.75, 3.05) is 19.0 Å². The number of nitrogens with zero attached hydrogens (tertiary/aromatic N) is 2. The zero-order valence-electron chi connectivity index (χ0n) is 13.3. The minimum Gasteiger partial charge on any atom is -0.496 e. The predicted molar refractivity (Wildman–Crippen MR) is 87.8 cm³/mol. The largest absolute Gasteiger partial charge is 0.496 e. The van der Waals surface area contributed by atoms with Crippen molar-refractivity contribution in [3.05, 3.63) is 47.3 Å². The number of aromatic nitrogens is 2. The summed E-state index contributed by atoms with van der Waals surface area (Å²) in [5.74, 6) is 1.43. The molecule has 1 aromatic carbocycles. The molecule has 0 spiro atoms. The number of methoxy groups -OCH3 is 1. The molecule has 1 aromatic heterocycles. The standard InChI is InChI=1S/C16H23N5O/c1-11-10-12(2)20-16(19-11)21-15(17)18-9-8-13-6-4-5-7-14(13)22-3/h4-7,10,15,18H,8-9,17H2,1-3H3,(H,19,20,21). The molecule has 2 rings (SSSR count). The van der Waals surface area contributed by atoms with Crippen LogP contribution >= 0.6 is 0 Å². The van der Waals surface area contributed by atoms with Gasteiger partial charge >= 0.3 is 0 Å². The molecule has 0 aliphatic rings. The molecule has 0 saturated carbocycles. The zero-order valence-corrected chi connectivity index (χ0v) is 13.3. The van der Waals surface area contributed by atoms with E-state index in [1.54, 1.807) is 7.11 Å². The van der Waals surface area contributed by atoms with Crippen LogP contribution in [0.5, 0.6) is 5.75 Å². The summed E-state index contributed by atoms with van der Waals surface area (Å²) in [4.78, 5) is 8.61. The van der Waals surface area contributed by atoms with E-state index in [2.05, 4.69) is 20.6 Å². The van der Waals surface area contributed by atoms with E-state index in [-0.39, 0.29) is 0 Å². The Hall–Kier alpha value is -2.18. The van der Waals surface area contributed by atoms with Gasteiger partial charge in [0.1, 0.15) is 12.0 Å². The van der Waals surface area contributed by atoms with Gasteiger partial charge in [-0.25, -0.2) is 9.97 Å². The van der Waals surface area contributed by atoms with Gasteiger partial charge in [-0.3, -0.25) is 11.1 Å². The van der Waals surface area contributed by atoms with Crippen molar-refractivity contribution in [1.82, 2.24) is 15.3 Å². The Kier molecular flexibility index (Phi) is 5.68. The summed E-state index contributed by atoms with van der Waals surface area (Å²) in [6, 6.07) is 9.88. The second-order valence-corrected chi connectivity index (χ2v) is 5.11. The summed E-state index contributed by atoms with van der Waals surface area (Å²) < 4.78 is 5.33. The normalized spacial score (nSPS) is 12.0. The lowest BCUT2D eigenvalue weighted by atomic mass is 10.1. The lowest BCUT2D eigenvalue weighted by Crippen LogP contribution is -2.45. The second-order valence-electron chi connectivity index (χ2n) is 5.11. The van der Waals surface area contributed by atoms with E-state index in [0.29, 0.717) is 5.95 Å². The first-order chi connectivity index (χ1) is 10.6. The molecule has 0 aliphatic heterocycles. The average molecular weight is 301 g/mol. The number of anilines is 1. The number of benzene rings is 1. The molecule has 2 aromatic rings. The number of hydrogen-bond donors (Lipinski definition) is 3. The molecule has 0 fully saturated rings. The van der Waals surface area contributed by atoms with Crippen molar-refractivity contribution in [3.8, 4) is 5.75 Å². The van der Waals surface area contributed by atoms with Crippen LogP contribution in [-0.4, -0.2) is 29.9 Å². The first-order valence-electron chi connectivity index (χ1n) is 7.28. The highest BCUT2D eigenvalue weighted by atomic mass is 16.5. The van der Waals surface area contributed by atoms with Crippen LogP contribution in [0.15, 0.2) is 30.3 Å². The number of aryl methyl sites for hydroxylation is 2. The highest BCUT2D eigenvalue weighted by Crippen LogP contribution is 2.17. The summed E-state index contributed by atoms with van der Waals surface area (Å²) in [6.07, 6.45) is 0.420. The average Bonchev–Trinajstić information content (AvgIpc) is 2.46. The maximum absolute atomic E-state index is 6.01. The monoisotopic (exact) mass is 301 g/mol. The van der Waals surface area contributed by atoms with Crippen LogP contribution in [0, 0.1) is 13.8 Å². The van der Waals surface area contributed by atoms with E-state index < -0.39 is 6.29 Å². The van der Waals surface area contributed by atoms with Crippen LogP contribution in [0.4, 0.5) is 5.95 Å². The number of nitrogens with two attached hydrogens (primary N) is 1. The summed E-state index contributed by atoms with van der Waals surface area (Å²) in [6.45, 7) is 4.58. The Morgan fingerprint density at radius 2 is 1.86 bits per heavy atom. The van der Waals surface area contributed by atoms with Gasteiger partial charge in [0.25, 0.3) is 0 Å². The molecule has 6 nitrogen and oxygen atoms in total. The third kappa shape index (κ3) is 4.68.